The van der Waals surface area contributed by atoms with Crippen LogP contribution < -0.4 is 4.74 Å². The van der Waals surface area contributed by atoms with Crippen LogP contribution in [-0.2, 0) is 4.79 Å². The molecule has 1 rings (SSSR count). The molecule has 14 heavy (non-hydrogen) atoms. The topological polar surface area (TPSA) is 46.5 Å². The number of para-hydroxylation sites is 1. The number of aliphatic carboxylic acids is 1. The first-order valence-corrected chi connectivity index (χ1v) is 4.23. The summed E-state index contributed by atoms with van der Waals surface area (Å²) >= 11 is 5.69. The van der Waals surface area contributed by atoms with E-state index in [-0.39, 0.29) is 5.75 Å². The smallest absolute Gasteiger partial charge is 0.341 e. The summed E-state index contributed by atoms with van der Waals surface area (Å²) in [5.41, 5.74) is 0. The maximum atomic E-state index is 12.6. The Morgan fingerprint density at radius 1 is 1.57 bits per heavy atom. The highest BCUT2D eigenvalue weighted by atomic mass is 35.5. The van der Waals surface area contributed by atoms with Crippen molar-refractivity contribution in [2.45, 2.75) is 6.17 Å². The quantitative estimate of drug-likeness (QED) is 0.842. The van der Waals surface area contributed by atoms with Gasteiger partial charge in [-0.1, -0.05) is 23.7 Å². The summed E-state index contributed by atoms with van der Waals surface area (Å²) < 4.78 is 17.4. The van der Waals surface area contributed by atoms with Gasteiger partial charge in [-0.05, 0) is 12.1 Å². The molecule has 0 aromatic heterocycles. The first kappa shape index (κ1) is 10.8. The molecule has 1 N–H and O–H groups in total. The molecule has 0 fully saturated rings. The summed E-state index contributed by atoms with van der Waals surface area (Å²) in [6.07, 6.45) is -2.04. The van der Waals surface area contributed by atoms with E-state index < -0.39 is 18.7 Å². The highest BCUT2D eigenvalue weighted by molar-refractivity contribution is 6.32. The minimum atomic E-state index is -2.04. The molecule has 5 heteroatoms. The van der Waals surface area contributed by atoms with E-state index in [1.165, 1.54) is 6.07 Å². The first-order valence-electron chi connectivity index (χ1n) is 3.85. The van der Waals surface area contributed by atoms with Gasteiger partial charge in [0.1, 0.15) is 12.4 Å². The normalized spacial score (nSPS) is 12.1. The molecule has 0 bridgehead atoms. The Balaban J connectivity index is 2.54. The van der Waals surface area contributed by atoms with Crippen LogP contribution in [0, 0.1) is 0 Å². The van der Waals surface area contributed by atoms with Crippen molar-refractivity contribution < 1.29 is 19.0 Å². The summed E-state index contributed by atoms with van der Waals surface area (Å²) in [4.78, 5) is 10.1. The summed E-state index contributed by atoms with van der Waals surface area (Å²) in [7, 11) is 0. The van der Waals surface area contributed by atoms with E-state index in [1.54, 1.807) is 18.2 Å². The van der Waals surface area contributed by atoms with Crippen LogP contribution in [0.2, 0.25) is 5.02 Å². The number of ether oxygens (including phenoxy) is 1. The van der Waals surface area contributed by atoms with E-state index in [2.05, 4.69) is 0 Å². The van der Waals surface area contributed by atoms with Crippen LogP contribution in [0.15, 0.2) is 24.3 Å². The van der Waals surface area contributed by atoms with Crippen molar-refractivity contribution >= 4 is 17.6 Å². The second-order valence-corrected chi connectivity index (χ2v) is 2.95. The van der Waals surface area contributed by atoms with E-state index in [4.69, 9.17) is 21.4 Å². The van der Waals surface area contributed by atoms with Gasteiger partial charge in [0, 0.05) is 0 Å². The largest absolute Gasteiger partial charge is 0.488 e. The van der Waals surface area contributed by atoms with E-state index in [0.29, 0.717) is 5.02 Å². The number of halogens is 2. The molecule has 0 amide bonds. The minimum absolute atomic E-state index is 0.276. The molecule has 1 atom stereocenters. The number of carboxylic acids is 1. The van der Waals surface area contributed by atoms with E-state index >= 15 is 0 Å². The van der Waals surface area contributed by atoms with E-state index in [0.717, 1.165) is 0 Å². The fourth-order valence-electron chi connectivity index (χ4n) is 0.796. The summed E-state index contributed by atoms with van der Waals surface area (Å²) in [5.74, 6) is -1.27. The fourth-order valence-corrected chi connectivity index (χ4v) is 0.986. The van der Waals surface area contributed by atoms with E-state index in [1.807, 2.05) is 0 Å². The Bertz CT molecular complexity index is 330. The average Bonchev–Trinajstić information content (AvgIpc) is 2.16. The number of carbonyl (C=O) groups is 1. The SMILES string of the molecule is O=C(O)C(F)COc1ccccc1Cl. The number of benzene rings is 1. The summed E-state index contributed by atoms with van der Waals surface area (Å²) in [5, 5.41) is 8.57. The van der Waals surface area contributed by atoms with Crippen molar-refractivity contribution in [2.75, 3.05) is 6.61 Å². The third-order valence-electron chi connectivity index (χ3n) is 1.49. The summed E-state index contributed by atoms with van der Waals surface area (Å²) in [6.45, 7) is -0.543. The van der Waals surface area contributed by atoms with Crippen molar-refractivity contribution in [3.8, 4) is 5.75 Å². The third kappa shape index (κ3) is 2.88. The molecule has 3 nitrogen and oxygen atoms in total. The highest BCUT2D eigenvalue weighted by Gasteiger charge is 2.16. The van der Waals surface area contributed by atoms with Crippen LogP contribution in [0.5, 0.6) is 5.75 Å². The van der Waals surface area contributed by atoms with Gasteiger partial charge in [0.25, 0.3) is 0 Å². The van der Waals surface area contributed by atoms with Crippen LogP contribution in [0.3, 0.4) is 0 Å². The maximum absolute atomic E-state index is 12.6. The standard InChI is InChI=1S/C9H8ClFO3/c10-6-3-1-2-4-8(6)14-5-7(11)9(12)13/h1-4,7H,5H2,(H,12,13). The average molecular weight is 219 g/mol. The molecule has 0 aliphatic carbocycles. The molecule has 0 aliphatic rings. The van der Waals surface area contributed by atoms with Crippen molar-refractivity contribution in [3.05, 3.63) is 29.3 Å². The maximum Gasteiger partial charge on any atom is 0.341 e. The molecule has 0 radical (unpaired) electrons. The van der Waals surface area contributed by atoms with Gasteiger partial charge in [-0.2, -0.15) is 0 Å². The predicted octanol–water partition coefficient (Wildman–Crippen LogP) is 2.14. The molecule has 1 aromatic carbocycles. The molecule has 0 heterocycles. The molecule has 0 spiro atoms. The zero-order chi connectivity index (χ0) is 10.6. The second-order valence-electron chi connectivity index (χ2n) is 2.55. The molecule has 1 unspecified atom stereocenters. The Hall–Kier alpha value is -1.29. The lowest BCUT2D eigenvalue weighted by atomic mass is 10.3. The lowest BCUT2D eigenvalue weighted by molar-refractivity contribution is -0.143. The molecule has 0 saturated heterocycles. The lowest BCUT2D eigenvalue weighted by Gasteiger charge is -2.07. The van der Waals surface area contributed by atoms with Crippen LogP contribution in [-0.4, -0.2) is 23.9 Å². The number of carboxylic acid groups (broad SMARTS) is 1. The Labute approximate surface area is 85.1 Å². The van der Waals surface area contributed by atoms with Crippen LogP contribution in [0.1, 0.15) is 0 Å². The van der Waals surface area contributed by atoms with Gasteiger partial charge in [0.2, 0.25) is 6.17 Å². The van der Waals surface area contributed by atoms with Crippen molar-refractivity contribution in [1.82, 2.24) is 0 Å². The summed E-state index contributed by atoms with van der Waals surface area (Å²) in [6, 6.07) is 6.47. The van der Waals surface area contributed by atoms with Gasteiger partial charge in [-0.3, -0.25) is 0 Å². The second kappa shape index (κ2) is 4.81. The molecule has 1 aromatic rings. The van der Waals surface area contributed by atoms with Gasteiger partial charge in [-0.15, -0.1) is 0 Å². The number of hydrogen-bond donors (Lipinski definition) is 1. The Morgan fingerprint density at radius 2 is 2.21 bits per heavy atom. The molecule has 76 valence electrons. The van der Waals surface area contributed by atoms with Crippen LogP contribution in [0.25, 0.3) is 0 Å². The fraction of sp³-hybridized carbons (Fsp3) is 0.222. The first-order chi connectivity index (χ1) is 6.61. The van der Waals surface area contributed by atoms with Gasteiger partial charge in [0.05, 0.1) is 5.02 Å². The van der Waals surface area contributed by atoms with Crippen LogP contribution in [0.4, 0.5) is 4.39 Å². The molecular formula is C9H8ClFO3. The Morgan fingerprint density at radius 3 is 2.79 bits per heavy atom. The van der Waals surface area contributed by atoms with Gasteiger partial charge in [0.15, 0.2) is 0 Å². The van der Waals surface area contributed by atoms with Crippen molar-refractivity contribution in [2.24, 2.45) is 0 Å². The third-order valence-corrected chi connectivity index (χ3v) is 1.80. The van der Waals surface area contributed by atoms with Gasteiger partial charge >= 0.3 is 5.97 Å². The molecule has 0 aliphatic heterocycles. The van der Waals surface area contributed by atoms with Gasteiger partial charge in [-0.25, -0.2) is 9.18 Å². The van der Waals surface area contributed by atoms with Gasteiger partial charge < -0.3 is 9.84 Å². The molecule has 0 saturated carbocycles. The lowest BCUT2D eigenvalue weighted by Crippen LogP contribution is -2.22. The number of alkyl halides is 1. The van der Waals surface area contributed by atoms with Crippen molar-refractivity contribution in [1.29, 1.82) is 0 Å². The molecular weight excluding hydrogens is 211 g/mol. The predicted molar refractivity (Wildman–Crippen MR) is 49.5 cm³/mol. The zero-order valence-electron chi connectivity index (χ0n) is 7.11. The van der Waals surface area contributed by atoms with Crippen LogP contribution >= 0.6 is 11.6 Å². The monoisotopic (exact) mass is 218 g/mol. The minimum Gasteiger partial charge on any atom is -0.488 e. The van der Waals surface area contributed by atoms with Crippen molar-refractivity contribution in [3.63, 3.8) is 0 Å². The van der Waals surface area contributed by atoms with E-state index in [9.17, 15) is 9.18 Å². The number of hydrogen-bond acceptors (Lipinski definition) is 2. The Kier molecular flexibility index (Phi) is 3.71. The zero-order valence-corrected chi connectivity index (χ0v) is 7.87. The number of rotatable bonds is 4. The highest BCUT2D eigenvalue weighted by Crippen LogP contribution is 2.23.